The smallest absolute Gasteiger partial charge is 0.247 e. The second-order valence-corrected chi connectivity index (χ2v) is 4.99. The summed E-state index contributed by atoms with van der Waals surface area (Å²) >= 11 is 0. The highest BCUT2D eigenvalue weighted by atomic mass is 16.2. The van der Waals surface area contributed by atoms with Gasteiger partial charge in [0.25, 0.3) is 0 Å². The summed E-state index contributed by atoms with van der Waals surface area (Å²) in [6, 6.07) is -0.0626. The zero-order chi connectivity index (χ0) is 12.0. The Labute approximate surface area is 101 Å². The van der Waals surface area contributed by atoms with Crippen LogP contribution in [0.4, 0.5) is 11.5 Å². The topological polar surface area (TPSA) is 59.0 Å². The molecule has 1 aliphatic carbocycles. The summed E-state index contributed by atoms with van der Waals surface area (Å²) in [6.07, 6.45) is 4.24. The van der Waals surface area contributed by atoms with Crippen molar-refractivity contribution in [2.75, 3.05) is 10.6 Å². The van der Waals surface area contributed by atoms with E-state index in [4.69, 9.17) is 0 Å². The molecule has 2 N–H and O–H groups in total. The number of rotatable bonds is 3. The maximum atomic E-state index is 12.0. The zero-order valence-corrected chi connectivity index (χ0v) is 10.3. The van der Waals surface area contributed by atoms with Gasteiger partial charge in [-0.3, -0.25) is 9.48 Å². The standard InChI is InChI=1S/C12H18N4O/c1-3-4-8-10-11(16(2)15-8)13-9(7-5-6-7)12(17)14-10/h7,9,13H,3-6H2,1-2H3,(H,14,17). The van der Waals surface area contributed by atoms with Crippen LogP contribution < -0.4 is 10.6 Å². The Hall–Kier alpha value is -1.52. The quantitative estimate of drug-likeness (QED) is 0.833. The molecule has 5 nitrogen and oxygen atoms in total. The molecule has 5 heteroatoms. The average Bonchev–Trinajstić information content (AvgIpc) is 3.08. The fourth-order valence-corrected chi connectivity index (χ4v) is 2.46. The van der Waals surface area contributed by atoms with Crippen molar-refractivity contribution in [2.45, 2.75) is 38.6 Å². The second kappa shape index (κ2) is 3.75. The molecule has 0 aromatic carbocycles. The van der Waals surface area contributed by atoms with Gasteiger partial charge in [-0.2, -0.15) is 5.10 Å². The molecule has 0 saturated heterocycles. The molecule has 1 aromatic heterocycles. The molecule has 0 radical (unpaired) electrons. The van der Waals surface area contributed by atoms with E-state index in [0.29, 0.717) is 5.92 Å². The molecule has 17 heavy (non-hydrogen) atoms. The lowest BCUT2D eigenvalue weighted by Gasteiger charge is -2.25. The number of anilines is 2. The van der Waals surface area contributed by atoms with Crippen LogP contribution in [0.3, 0.4) is 0 Å². The highest BCUT2D eigenvalue weighted by Crippen LogP contribution is 2.39. The van der Waals surface area contributed by atoms with Crippen LogP contribution in [0.15, 0.2) is 0 Å². The summed E-state index contributed by atoms with van der Waals surface area (Å²) < 4.78 is 1.84. The number of fused-ring (bicyclic) bond motifs is 1. The average molecular weight is 234 g/mol. The maximum Gasteiger partial charge on any atom is 0.247 e. The van der Waals surface area contributed by atoms with Gasteiger partial charge in [0.05, 0.1) is 5.69 Å². The van der Waals surface area contributed by atoms with E-state index >= 15 is 0 Å². The number of aryl methyl sites for hydroxylation is 2. The molecule has 3 rings (SSSR count). The van der Waals surface area contributed by atoms with Crippen LogP contribution in [0.2, 0.25) is 0 Å². The summed E-state index contributed by atoms with van der Waals surface area (Å²) in [7, 11) is 1.92. The van der Waals surface area contributed by atoms with Gasteiger partial charge in [0.1, 0.15) is 17.5 Å². The number of hydrogen-bond donors (Lipinski definition) is 2. The number of nitrogens with one attached hydrogen (secondary N) is 2. The SMILES string of the molecule is CCCc1nn(C)c2c1NC(=O)C(C1CC1)N2. The number of nitrogens with zero attached hydrogens (tertiary/aromatic N) is 2. The highest BCUT2D eigenvalue weighted by Gasteiger charge is 2.40. The zero-order valence-electron chi connectivity index (χ0n) is 10.3. The van der Waals surface area contributed by atoms with Crippen LogP contribution in [0.25, 0.3) is 0 Å². The molecular formula is C12H18N4O. The molecule has 1 saturated carbocycles. The predicted molar refractivity (Wildman–Crippen MR) is 66.0 cm³/mol. The number of hydrogen-bond acceptors (Lipinski definition) is 3. The van der Waals surface area contributed by atoms with Gasteiger partial charge < -0.3 is 10.6 Å². The van der Waals surface area contributed by atoms with Crippen molar-refractivity contribution in [3.8, 4) is 0 Å². The van der Waals surface area contributed by atoms with Crippen LogP contribution in [-0.4, -0.2) is 21.7 Å². The minimum atomic E-state index is -0.0626. The Morgan fingerprint density at radius 1 is 1.47 bits per heavy atom. The molecule has 0 spiro atoms. The molecule has 1 unspecified atom stereocenters. The van der Waals surface area contributed by atoms with Crippen molar-refractivity contribution in [3.63, 3.8) is 0 Å². The highest BCUT2D eigenvalue weighted by molar-refractivity contribution is 6.03. The normalized spacial score (nSPS) is 22.9. The Morgan fingerprint density at radius 3 is 2.88 bits per heavy atom. The van der Waals surface area contributed by atoms with Crippen LogP contribution in [0, 0.1) is 5.92 Å². The minimum absolute atomic E-state index is 0.0626. The number of carbonyl (C=O) groups is 1. The Kier molecular flexibility index (Phi) is 2.34. The van der Waals surface area contributed by atoms with Crippen molar-refractivity contribution >= 4 is 17.4 Å². The molecule has 0 bridgehead atoms. The Bertz CT molecular complexity index is 461. The third kappa shape index (κ3) is 1.69. The largest absolute Gasteiger partial charge is 0.357 e. The van der Waals surface area contributed by atoms with E-state index in [9.17, 15) is 4.79 Å². The van der Waals surface area contributed by atoms with E-state index < -0.39 is 0 Å². The van der Waals surface area contributed by atoms with E-state index in [-0.39, 0.29) is 11.9 Å². The monoisotopic (exact) mass is 234 g/mol. The van der Waals surface area contributed by atoms with Gasteiger partial charge in [-0.1, -0.05) is 13.3 Å². The van der Waals surface area contributed by atoms with Gasteiger partial charge in [-0.15, -0.1) is 0 Å². The van der Waals surface area contributed by atoms with Gasteiger partial charge in [-0.05, 0) is 25.2 Å². The van der Waals surface area contributed by atoms with Gasteiger partial charge in [0.2, 0.25) is 5.91 Å². The summed E-state index contributed by atoms with van der Waals surface area (Å²) in [5.74, 6) is 1.57. The molecule has 1 aromatic rings. The lowest BCUT2D eigenvalue weighted by atomic mass is 10.1. The Morgan fingerprint density at radius 2 is 2.24 bits per heavy atom. The van der Waals surface area contributed by atoms with E-state index in [1.807, 2.05) is 11.7 Å². The van der Waals surface area contributed by atoms with Crippen LogP contribution >= 0.6 is 0 Å². The predicted octanol–water partition coefficient (Wildman–Crippen LogP) is 1.52. The summed E-state index contributed by atoms with van der Waals surface area (Å²) in [4.78, 5) is 12.0. The third-order valence-electron chi connectivity index (χ3n) is 3.52. The fourth-order valence-electron chi connectivity index (χ4n) is 2.46. The molecule has 1 amide bonds. The van der Waals surface area contributed by atoms with Gasteiger partial charge in [-0.25, -0.2) is 0 Å². The number of amides is 1. The van der Waals surface area contributed by atoms with Gasteiger partial charge >= 0.3 is 0 Å². The molecule has 2 heterocycles. The van der Waals surface area contributed by atoms with Crippen molar-refractivity contribution in [2.24, 2.45) is 13.0 Å². The maximum absolute atomic E-state index is 12.0. The first kappa shape index (κ1) is 10.6. The van der Waals surface area contributed by atoms with E-state index in [0.717, 1.165) is 42.9 Å². The molecule has 2 aliphatic rings. The van der Waals surface area contributed by atoms with Crippen molar-refractivity contribution in [3.05, 3.63) is 5.69 Å². The molecule has 92 valence electrons. The van der Waals surface area contributed by atoms with Crippen LogP contribution in [0.1, 0.15) is 31.9 Å². The summed E-state index contributed by atoms with van der Waals surface area (Å²) in [5, 5.41) is 10.8. The second-order valence-electron chi connectivity index (χ2n) is 4.99. The lowest BCUT2D eigenvalue weighted by molar-refractivity contribution is -0.117. The first-order chi connectivity index (χ1) is 8.20. The van der Waals surface area contributed by atoms with Crippen molar-refractivity contribution in [1.29, 1.82) is 0 Å². The lowest BCUT2D eigenvalue weighted by Crippen LogP contribution is -2.40. The fraction of sp³-hybridized carbons (Fsp3) is 0.667. The van der Waals surface area contributed by atoms with Crippen LogP contribution in [0.5, 0.6) is 0 Å². The number of carbonyl (C=O) groups excluding carboxylic acids is 1. The van der Waals surface area contributed by atoms with Crippen LogP contribution in [-0.2, 0) is 18.3 Å². The van der Waals surface area contributed by atoms with E-state index in [1.165, 1.54) is 0 Å². The summed E-state index contributed by atoms with van der Waals surface area (Å²) in [6.45, 7) is 2.12. The van der Waals surface area contributed by atoms with Crippen molar-refractivity contribution in [1.82, 2.24) is 9.78 Å². The van der Waals surface area contributed by atoms with Gasteiger partial charge in [0.15, 0.2) is 0 Å². The molecule has 1 aliphatic heterocycles. The first-order valence-electron chi connectivity index (χ1n) is 6.34. The van der Waals surface area contributed by atoms with E-state index in [1.54, 1.807) is 0 Å². The van der Waals surface area contributed by atoms with Crippen molar-refractivity contribution < 1.29 is 4.79 Å². The molecule has 1 atom stereocenters. The van der Waals surface area contributed by atoms with Gasteiger partial charge in [0, 0.05) is 7.05 Å². The number of aromatic nitrogens is 2. The van der Waals surface area contributed by atoms with E-state index in [2.05, 4.69) is 22.7 Å². The molecule has 1 fully saturated rings. The summed E-state index contributed by atoms with van der Waals surface area (Å²) in [5.41, 5.74) is 1.87. The first-order valence-corrected chi connectivity index (χ1v) is 6.34. The third-order valence-corrected chi connectivity index (χ3v) is 3.52. The Balaban J connectivity index is 1.93. The molecular weight excluding hydrogens is 216 g/mol. The minimum Gasteiger partial charge on any atom is -0.357 e.